The summed E-state index contributed by atoms with van der Waals surface area (Å²) in [4.78, 5) is 12.2. The number of hydrogen-bond acceptors (Lipinski definition) is 4. The van der Waals surface area contributed by atoms with E-state index >= 15 is 0 Å². The molecule has 3 aromatic rings. The lowest BCUT2D eigenvalue weighted by Gasteiger charge is -2.08. The zero-order chi connectivity index (χ0) is 17.8. The topological polar surface area (TPSA) is 72.7 Å². The predicted molar refractivity (Wildman–Crippen MR) is 98.0 cm³/mol. The SMILES string of the molecule is Cc1ccc(NC(=O)/C=C/c2c(Cl)cccc2Cl)cc1-n1cnnn1. The van der Waals surface area contributed by atoms with Gasteiger partial charge in [0, 0.05) is 27.4 Å². The normalized spacial score (nSPS) is 11.0. The van der Waals surface area contributed by atoms with Crippen LogP contribution in [0.25, 0.3) is 11.8 Å². The Morgan fingerprint density at radius 1 is 1.20 bits per heavy atom. The number of aryl methyl sites for hydroxylation is 1. The maximum atomic E-state index is 12.2. The van der Waals surface area contributed by atoms with E-state index in [1.165, 1.54) is 17.1 Å². The molecule has 0 aliphatic heterocycles. The highest BCUT2D eigenvalue weighted by Crippen LogP contribution is 2.25. The fourth-order valence-corrected chi connectivity index (χ4v) is 2.74. The lowest BCUT2D eigenvalue weighted by Crippen LogP contribution is -2.09. The van der Waals surface area contributed by atoms with E-state index in [-0.39, 0.29) is 5.91 Å². The van der Waals surface area contributed by atoms with Gasteiger partial charge in [-0.3, -0.25) is 4.79 Å². The highest BCUT2D eigenvalue weighted by atomic mass is 35.5. The average molecular weight is 374 g/mol. The van der Waals surface area contributed by atoms with Gasteiger partial charge in [-0.25, -0.2) is 4.68 Å². The van der Waals surface area contributed by atoms with Crippen molar-refractivity contribution in [2.75, 3.05) is 5.32 Å². The molecule has 0 radical (unpaired) electrons. The lowest BCUT2D eigenvalue weighted by atomic mass is 10.1. The van der Waals surface area contributed by atoms with Crippen LogP contribution in [0.5, 0.6) is 0 Å². The van der Waals surface area contributed by atoms with Crippen molar-refractivity contribution in [1.29, 1.82) is 0 Å². The number of hydrogen-bond donors (Lipinski definition) is 1. The van der Waals surface area contributed by atoms with Crippen LogP contribution in [0.4, 0.5) is 5.69 Å². The first-order valence-corrected chi connectivity index (χ1v) is 8.07. The Kier molecular flexibility index (Phi) is 5.11. The summed E-state index contributed by atoms with van der Waals surface area (Å²) in [5.41, 5.74) is 2.97. The van der Waals surface area contributed by atoms with Gasteiger partial charge >= 0.3 is 0 Å². The molecule has 2 aromatic carbocycles. The van der Waals surface area contributed by atoms with Crippen molar-refractivity contribution >= 4 is 40.9 Å². The van der Waals surface area contributed by atoms with Crippen LogP contribution in [0.2, 0.25) is 10.0 Å². The molecule has 3 rings (SSSR count). The lowest BCUT2D eigenvalue weighted by molar-refractivity contribution is -0.111. The first kappa shape index (κ1) is 17.1. The van der Waals surface area contributed by atoms with Crippen molar-refractivity contribution in [2.24, 2.45) is 0 Å². The highest BCUT2D eigenvalue weighted by molar-refractivity contribution is 6.37. The molecule has 0 saturated carbocycles. The number of amides is 1. The third-order valence-corrected chi connectivity index (χ3v) is 4.13. The maximum Gasteiger partial charge on any atom is 0.248 e. The Morgan fingerprint density at radius 2 is 1.96 bits per heavy atom. The van der Waals surface area contributed by atoms with Gasteiger partial charge in [-0.15, -0.1) is 5.10 Å². The molecule has 0 saturated heterocycles. The molecule has 0 atom stereocenters. The Balaban J connectivity index is 1.78. The first-order chi connectivity index (χ1) is 12.0. The summed E-state index contributed by atoms with van der Waals surface area (Å²) in [6.45, 7) is 1.93. The number of aromatic nitrogens is 4. The standard InChI is InChI=1S/C17H13Cl2N5O/c1-11-5-6-12(9-16(11)24-10-20-22-23-24)21-17(25)8-7-13-14(18)3-2-4-15(13)19/h2-10H,1H3,(H,21,25)/b8-7+. The Hall–Kier alpha value is -2.70. The third kappa shape index (κ3) is 4.04. The zero-order valence-corrected chi connectivity index (χ0v) is 14.7. The number of rotatable bonds is 4. The Bertz CT molecular complexity index is 918. The Labute approximate surface area is 154 Å². The van der Waals surface area contributed by atoms with E-state index in [1.54, 1.807) is 36.4 Å². The summed E-state index contributed by atoms with van der Waals surface area (Å²) < 4.78 is 1.53. The molecule has 0 fully saturated rings. The number of nitrogens with zero attached hydrogens (tertiary/aromatic N) is 4. The largest absolute Gasteiger partial charge is 0.322 e. The van der Waals surface area contributed by atoms with E-state index in [9.17, 15) is 4.79 Å². The first-order valence-electron chi connectivity index (χ1n) is 7.31. The molecule has 0 spiro atoms. The minimum atomic E-state index is -0.303. The van der Waals surface area contributed by atoms with Crippen LogP contribution in [0, 0.1) is 6.92 Å². The van der Waals surface area contributed by atoms with E-state index in [2.05, 4.69) is 20.8 Å². The molecule has 1 N–H and O–H groups in total. The summed E-state index contributed by atoms with van der Waals surface area (Å²) >= 11 is 12.2. The molecular formula is C17H13Cl2N5O. The van der Waals surface area contributed by atoms with E-state index in [1.807, 2.05) is 13.0 Å². The average Bonchev–Trinajstić information content (AvgIpc) is 3.10. The van der Waals surface area contributed by atoms with Crippen LogP contribution >= 0.6 is 23.2 Å². The minimum absolute atomic E-state index is 0.303. The number of nitrogens with one attached hydrogen (secondary N) is 1. The molecule has 8 heteroatoms. The van der Waals surface area contributed by atoms with Crippen molar-refractivity contribution in [3.05, 3.63) is 70.0 Å². The van der Waals surface area contributed by atoms with Crippen LogP contribution in [0.3, 0.4) is 0 Å². The Morgan fingerprint density at radius 3 is 2.64 bits per heavy atom. The number of halogens is 2. The quantitative estimate of drug-likeness (QED) is 0.703. The molecule has 25 heavy (non-hydrogen) atoms. The fourth-order valence-electron chi connectivity index (χ4n) is 2.22. The molecule has 0 unspecified atom stereocenters. The molecule has 6 nitrogen and oxygen atoms in total. The number of tetrazole rings is 1. The second-order valence-electron chi connectivity index (χ2n) is 5.21. The van der Waals surface area contributed by atoms with E-state index in [0.29, 0.717) is 21.3 Å². The van der Waals surface area contributed by atoms with Crippen LogP contribution in [-0.4, -0.2) is 26.1 Å². The zero-order valence-electron chi connectivity index (χ0n) is 13.1. The van der Waals surface area contributed by atoms with Crippen molar-refractivity contribution in [2.45, 2.75) is 6.92 Å². The van der Waals surface area contributed by atoms with E-state index in [0.717, 1.165) is 11.3 Å². The molecule has 1 heterocycles. The molecule has 1 amide bonds. The molecule has 126 valence electrons. The third-order valence-electron chi connectivity index (χ3n) is 3.47. The number of carbonyl (C=O) groups is 1. The predicted octanol–water partition coefficient (Wildman–Crippen LogP) is 3.93. The summed E-state index contributed by atoms with van der Waals surface area (Å²) in [5, 5.41) is 14.8. The van der Waals surface area contributed by atoms with Crippen LogP contribution in [-0.2, 0) is 4.79 Å². The van der Waals surface area contributed by atoms with Crippen molar-refractivity contribution in [3.8, 4) is 5.69 Å². The molecule has 0 bridgehead atoms. The van der Waals surface area contributed by atoms with Crippen molar-refractivity contribution in [1.82, 2.24) is 20.2 Å². The summed E-state index contributed by atoms with van der Waals surface area (Å²) in [6.07, 6.45) is 4.45. The number of carbonyl (C=O) groups excluding carboxylic acids is 1. The smallest absolute Gasteiger partial charge is 0.248 e. The maximum absolute atomic E-state index is 12.2. The fraction of sp³-hybridized carbons (Fsp3) is 0.0588. The second kappa shape index (κ2) is 7.46. The second-order valence-corrected chi connectivity index (χ2v) is 6.03. The van der Waals surface area contributed by atoms with Crippen molar-refractivity contribution in [3.63, 3.8) is 0 Å². The highest BCUT2D eigenvalue weighted by Gasteiger charge is 2.07. The molecule has 0 aliphatic rings. The van der Waals surface area contributed by atoms with Crippen LogP contribution in [0.15, 0.2) is 48.8 Å². The molecule has 1 aromatic heterocycles. The van der Waals surface area contributed by atoms with Gasteiger partial charge in [0.25, 0.3) is 0 Å². The van der Waals surface area contributed by atoms with Gasteiger partial charge in [-0.1, -0.05) is 35.3 Å². The van der Waals surface area contributed by atoms with Gasteiger partial charge in [0.2, 0.25) is 5.91 Å². The van der Waals surface area contributed by atoms with Crippen LogP contribution in [0.1, 0.15) is 11.1 Å². The van der Waals surface area contributed by atoms with Crippen LogP contribution < -0.4 is 5.32 Å². The summed E-state index contributed by atoms with van der Waals surface area (Å²) in [7, 11) is 0. The van der Waals surface area contributed by atoms with Gasteiger partial charge in [-0.2, -0.15) is 0 Å². The summed E-state index contributed by atoms with van der Waals surface area (Å²) in [5.74, 6) is -0.303. The van der Waals surface area contributed by atoms with E-state index < -0.39 is 0 Å². The van der Waals surface area contributed by atoms with Gasteiger partial charge < -0.3 is 5.32 Å². The minimum Gasteiger partial charge on any atom is -0.322 e. The number of benzene rings is 2. The van der Waals surface area contributed by atoms with Gasteiger partial charge in [-0.05, 0) is 53.3 Å². The van der Waals surface area contributed by atoms with E-state index in [4.69, 9.17) is 23.2 Å². The van der Waals surface area contributed by atoms with Gasteiger partial charge in [0.1, 0.15) is 6.33 Å². The summed E-state index contributed by atoms with van der Waals surface area (Å²) in [6, 6.07) is 10.6. The van der Waals surface area contributed by atoms with Crippen molar-refractivity contribution < 1.29 is 4.79 Å². The molecule has 0 aliphatic carbocycles. The molecular weight excluding hydrogens is 361 g/mol. The number of anilines is 1. The monoisotopic (exact) mass is 373 g/mol. The van der Waals surface area contributed by atoms with Gasteiger partial charge in [0.05, 0.1) is 5.69 Å². The van der Waals surface area contributed by atoms with Gasteiger partial charge in [0.15, 0.2) is 0 Å².